The highest BCUT2D eigenvalue weighted by Crippen LogP contribution is 2.27. The van der Waals surface area contributed by atoms with Crippen molar-refractivity contribution in [1.29, 1.82) is 0 Å². The lowest BCUT2D eigenvalue weighted by Crippen LogP contribution is -2.48. The van der Waals surface area contributed by atoms with E-state index in [1.807, 2.05) is 12.1 Å². The third-order valence-corrected chi connectivity index (χ3v) is 6.13. The normalized spacial score (nSPS) is 19.5. The highest BCUT2D eigenvalue weighted by molar-refractivity contribution is 7.88. The summed E-state index contributed by atoms with van der Waals surface area (Å²) in [6.07, 6.45) is 0.968. The summed E-state index contributed by atoms with van der Waals surface area (Å²) in [4.78, 5) is 0. The molecule has 0 aliphatic carbocycles. The highest BCUT2D eigenvalue weighted by Gasteiger charge is 2.34. The van der Waals surface area contributed by atoms with Crippen molar-refractivity contribution >= 4 is 10.0 Å². The van der Waals surface area contributed by atoms with Crippen molar-refractivity contribution in [2.75, 3.05) is 19.6 Å². The van der Waals surface area contributed by atoms with Crippen LogP contribution in [-0.4, -0.2) is 37.5 Å². The van der Waals surface area contributed by atoms with Crippen LogP contribution in [0, 0.1) is 6.92 Å². The summed E-state index contributed by atoms with van der Waals surface area (Å²) in [6, 6.07) is 9.65. The number of aryl methyl sites for hydroxylation is 2. The molecule has 0 bridgehead atoms. The fourth-order valence-corrected chi connectivity index (χ4v) is 4.64. The molecular weight excluding hydrogens is 326 g/mol. The van der Waals surface area contributed by atoms with Gasteiger partial charge in [-0.15, -0.1) is 0 Å². The van der Waals surface area contributed by atoms with Crippen molar-refractivity contribution in [1.82, 2.24) is 14.8 Å². The fourth-order valence-electron chi connectivity index (χ4n) is 3.03. The first kappa shape index (κ1) is 17.1. The number of aromatic nitrogens is 1. The average Bonchev–Trinajstić information content (AvgIpc) is 2.99. The van der Waals surface area contributed by atoms with E-state index in [9.17, 15) is 8.42 Å². The van der Waals surface area contributed by atoms with Gasteiger partial charge in [-0.3, -0.25) is 0 Å². The van der Waals surface area contributed by atoms with E-state index in [-0.39, 0.29) is 11.8 Å². The number of hydrogen-bond donors (Lipinski definition) is 1. The number of benzene rings is 1. The molecule has 2 heterocycles. The maximum Gasteiger partial charge on any atom is 0.222 e. The predicted octanol–water partition coefficient (Wildman–Crippen LogP) is 2.02. The lowest BCUT2D eigenvalue weighted by atomic mass is 10.0. The van der Waals surface area contributed by atoms with E-state index in [4.69, 9.17) is 4.52 Å². The number of nitrogens with one attached hydrogen (secondary N) is 1. The Balaban J connectivity index is 1.85. The quantitative estimate of drug-likeness (QED) is 0.894. The minimum Gasteiger partial charge on any atom is -0.360 e. The van der Waals surface area contributed by atoms with E-state index in [0.717, 1.165) is 12.0 Å². The molecule has 1 unspecified atom stereocenters. The Bertz CT molecular complexity index is 784. The molecule has 1 atom stereocenters. The molecule has 1 aromatic carbocycles. The van der Waals surface area contributed by atoms with Crippen molar-refractivity contribution < 1.29 is 12.9 Å². The van der Waals surface area contributed by atoms with Crippen LogP contribution in [0.15, 0.2) is 34.9 Å². The predicted molar refractivity (Wildman–Crippen MR) is 92.0 cm³/mol. The first-order chi connectivity index (χ1) is 11.5. The molecule has 0 saturated carbocycles. The Morgan fingerprint density at radius 1 is 1.33 bits per heavy atom. The number of rotatable bonds is 5. The van der Waals surface area contributed by atoms with Crippen molar-refractivity contribution in [3.63, 3.8) is 0 Å². The van der Waals surface area contributed by atoms with Gasteiger partial charge in [0.05, 0.1) is 11.7 Å². The SMILES string of the molecule is CCc1ccc(C2CNCCN2S(=O)(=O)Cc2cc(C)no2)cc1. The first-order valence-electron chi connectivity index (χ1n) is 8.21. The molecule has 1 N–H and O–H groups in total. The van der Waals surface area contributed by atoms with E-state index >= 15 is 0 Å². The van der Waals surface area contributed by atoms with Crippen LogP contribution in [0.25, 0.3) is 0 Å². The average molecular weight is 349 g/mol. The molecule has 1 aliphatic heterocycles. The van der Waals surface area contributed by atoms with E-state index in [0.29, 0.717) is 31.1 Å². The van der Waals surface area contributed by atoms with Gasteiger partial charge >= 0.3 is 0 Å². The lowest BCUT2D eigenvalue weighted by Gasteiger charge is -2.35. The Labute approximate surface area is 142 Å². The summed E-state index contributed by atoms with van der Waals surface area (Å²) in [6.45, 7) is 5.60. The second-order valence-electron chi connectivity index (χ2n) is 6.12. The van der Waals surface area contributed by atoms with Gasteiger partial charge < -0.3 is 9.84 Å². The molecule has 1 aromatic heterocycles. The molecule has 6 nitrogen and oxygen atoms in total. The van der Waals surface area contributed by atoms with Crippen LogP contribution in [0.5, 0.6) is 0 Å². The zero-order chi connectivity index (χ0) is 17.2. The third kappa shape index (κ3) is 3.68. The van der Waals surface area contributed by atoms with Crippen LogP contribution >= 0.6 is 0 Å². The molecule has 7 heteroatoms. The van der Waals surface area contributed by atoms with Gasteiger partial charge in [0.25, 0.3) is 0 Å². The van der Waals surface area contributed by atoms with Gasteiger partial charge in [0.1, 0.15) is 5.75 Å². The van der Waals surface area contributed by atoms with E-state index in [1.54, 1.807) is 17.3 Å². The minimum atomic E-state index is -3.48. The summed E-state index contributed by atoms with van der Waals surface area (Å²) < 4.78 is 32.4. The molecule has 1 aliphatic rings. The zero-order valence-corrected chi connectivity index (χ0v) is 14.8. The standard InChI is InChI=1S/C17H23N3O3S/c1-3-14-4-6-15(7-5-14)17-11-18-8-9-20(17)24(21,22)12-16-10-13(2)19-23-16/h4-7,10,17-18H,3,8-9,11-12H2,1-2H3. The van der Waals surface area contributed by atoms with E-state index in [1.165, 1.54) is 5.56 Å². The third-order valence-electron chi connectivity index (χ3n) is 4.33. The summed E-state index contributed by atoms with van der Waals surface area (Å²) >= 11 is 0. The Kier molecular flexibility index (Phi) is 5.03. The number of nitrogens with zero attached hydrogens (tertiary/aromatic N) is 2. The van der Waals surface area contributed by atoms with Gasteiger partial charge in [-0.2, -0.15) is 4.31 Å². The second kappa shape index (κ2) is 7.04. The highest BCUT2D eigenvalue weighted by atomic mass is 32.2. The molecule has 0 amide bonds. The monoisotopic (exact) mass is 349 g/mol. The number of piperazine rings is 1. The molecule has 2 aromatic rings. The van der Waals surface area contributed by atoms with Gasteiger partial charge in [0, 0.05) is 25.7 Å². The van der Waals surface area contributed by atoms with E-state index in [2.05, 4.69) is 29.5 Å². The summed E-state index contributed by atoms with van der Waals surface area (Å²) in [7, 11) is -3.48. The smallest absolute Gasteiger partial charge is 0.222 e. The first-order valence-corrected chi connectivity index (χ1v) is 9.82. The zero-order valence-electron chi connectivity index (χ0n) is 14.0. The lowest BCUT2D eigenvalue weighted by molar-refractivity contribution is 0.269. The Morgan fingerprint density at radius 2 is 2.08 bits per heavy atom. The molecule has 0 radical (unpaired) electrons. The molecule has 1 fully saturated rings. The van der Waals surface area contributed by atoms with E-state index < -0.39 is 10.0 Å². The summed E-state index contributed by atoms with van der Waals surface area (Å²) in [5.74, 6) is 0.225. The van der Waals surface area contributed by atoms with Gasteiger partial charge in [0.15, 0.2) is 5.76 Å². The minimum absolute atomic E-state index is 0.155. The Morgan fingerprint density at radius 3 is 2.71 bits per heavy atom. The maximum absolute atomic E-state index is 12.9. The van der Waals surface area contributed by atoms with Crippen LogP contribution < -0.4 is 5.32 Å². The van der Waals surface area contributed by atoms with Crippen LogP contribution in [-0.2, 0) is 22.2 Å². The fraction of sp³-hybridized carbons (Fsp3) is 0.471. The van der Waals surface area contributed by atoms with Gasteiger partial charge in [-0.1, -0.05) is 36.3 Å². The molecule has 0 spiro atoms. The topological polar surface area (TPSA) is 75.4 Å². The molecular formula is C17H23N3O3S. The summed E-state index contributed by atoms with van der Waals surface area (Å²) in [5.41, 5.74) is 2.94. The molecule has 130 valence electrons. The van der Waals surface area contributed by atoms with Crippen LogP contribution in [0.1, 0.15) is 35.5 Å². The van der Waals surface area contributed by atoms with Gasteiger partial charge in [0.2, 0.25) is 10.0 Å². The number of hydrogen-bond acceptors (Lipinski definition) is 5. The molecule has 1 saturated heterocycles. The van der Waals surface area contributed by atoms with Gasteiger partial charge in [-0.05, 0) is 24.5 Å². The van der Waals surface area contributed by atoms with Crippen molar-refractivity contribution in [3.8, 4) is 0 Å². The number of sulfonamides is 1. The molecule has 24 heavy (non-hydrogen) atoms. The van der Waals surface area contributed by atoms with Gasteiger partial charge in [-0.25, -0.2) is 8.42 Å². The summed E-state index contributed by atoms with van der Waals surface area (Å²) in [5, 5.41) is 7.06. The van der Waals surface area contributed by atoms with Crippen molar-refractivity contribution in [2.24, 2.45) is 0 Å². The van der Waals surface area contributed by atoms with Crippen molar-refractivity contribution in [3.05, 3.63) is 52.9 Å². The molecule has 3 rings (SSSR count). The van der Waals surface area contributed by atoms with Crippen LogP contribution in [0.3, 0.4) is 0 Å². The Hall–Kier alpha value is -1.70. The van der Waals surface area contributed by atoms with Crippen molar-refractivity contribution in [2.45, 2.75) is 32.1 Å². The van der Waals surface area contributed by atoms with Crippen LogP contribution in [0.2, 0.25) is 0 Å². The largest absolute Gasteiger partial charge is 0.360 e. The second-order valence-corrected chi connectivity index (χ2v) is 8.04. The van der Waals surface area contributed by atoms with Crippen LogP contribution in [0.4, 0.5) is 0 Å². The maximum atomic E-state index is 12.9.